The monoisotopic (exact) mass is 219 g/mol. The molecule has 0 saturated carbocycles. The van der Waals surface area contributed by atoms with Crippen LogP contribution in [0, 0.1) is 6.92 Å². The van der Waals surface area contributed by atoms with E-state index in [1.165, 1.54) is 0 Å². The second-order valence-corrected chi connectivity index (χ2v) is 3.90. The Labute approximate surface area is 94.9 Å². The summed E-state index contributed by atoms with van der Waals surface area (Å²) in [5.41, 5.74) is 6.39. The maximum atomic E-state index is 5.52. The summed E-state index contributed by atoms with van der Waals surface area (Å²) in [4.78, 5) is 7.57. The van der Waals surface area contributed by atoms with Crippen molar-refractivity contribution in [1.29, 1.82) is 0 Å². The summed E-state index contributed by atoms with van der Waals surface area (Å²) in [6.07, 6.45) is 4.86. The van der Waals surface area contributed by atoms with Crippen molar-refractivity contribution in [1.82, 2.24) is 9.97 Å². The summed E-state index contributed by atoms with van der Waals surface area (Å²) in [6, 6.07) is 3.90. The van der Waals surface area contributed by atoms with E-state index in [0.717, 1.165) is 48.8 Å². The van der Waals surface area contributed by atoms with Gasteiger partial charge in [0.05, 0.1) is 6.20 Å². The Morgan fingerprint density at radius 1 is 1.38 bits per heavy atom. The molecule has 86 valence electrons. The minimum atomic E-state index is 0.741. The van der Waals surface area contributed by atoms with E-state index in [9.17, 15) is 0 Å². The first-order valence-corrected chi connectivity index (χ1v) is 5.60. The van der Waals surface area contributed by atoms with Gasteiger partial charge in [-0.25, -0.2) is 4.98 Å². The molecule has 2 heterocycles. The number of nitrogens with two attached hydrogens (primary N) is 1. The predicted octanol–water partition coefficient (Wildman–Crippen LogP) is 2.26. The molecule has 0 radical (unpaired) electrons. The molecule has 0 aliphatic carbocycles. The second-order valence-electron chi connectivity index (χ2n) is 3.90. The summed E-state index contributed by atoms with van der Waals surface area (Å²) < 4.78 is 5.52. The molecule has 0 aliphatic rings. The average Bonchev–Trinajstić information content (AvgIpc) is 2.87. The Hall–Kier alpha value is -1.55. The largest absolute Gasteiger partial charge is 0.460 e. The van der Waals surface area contributed by atoms with Crippen LogP contribution in [0.15, 0.2) is 22.7 Å². The number of hydrogen-bond acceptors (Lipinski definition) is 3. The van der Waals surface area contributed by atoms with Gasteiger partial charge in [-0.15, -0.1) is 0 Å². The molecule has 4 nitrogen and oxygen atoms in total. The Balaban J connectivity index is 2.02. The van der Waals surface area contributed by atoms with E-state index >= 15 is 0 Å². The number of unbranched alkanes of at least 4 members (excludes halogenated alkanes) is 1. The van der Waals surface area contributed by atoms with Crippen LogP contribution in [-0.2, 0) is 6.42 Å². The smallest absolute Gasteiger partial charge is 0.152 e. The van der Waals surface area contributed by atoms with Gasteiger partial charge in [0.2, 0.25) is 0 Å². The van der Waals surface area contributed by atoms with E-state index in [-0.39, 0.29) is 0 Å². The highest BCUT2D eigenvalue weighted by Crippen LogP contribution is 2.19. The molecule has 2 rings (SSSR count). The highest BCUT2D eigenvalue weighted by Gasteiger charge is 2.06. The van der Waals surface area contributed by atoms with Crippen LogP contribution in [0.25, 0.3) is 11.5 Å². The molecule has 2 aromatic rings. The standard InChI is InChI=1S/C12H17N3O/c1-9-5-6-11(16-9)10-8-14-12(15-10)4-2-3-7-13/h5-6,8H,2-4,7,13H2,1H3,(H,14,15). The molecule has 0 atom stereocenters. The lowest BCUT2D eigenvalue weighted by Gasteiger charge is -1.95. The number of aromatic nitrogens is 2. The molecule has 0 aliphatic heterocycles. The van der Waals surface area contributed by atoms with Gasteiger partial charge in [0.15, 0.2) is 5.76 Å². The van der Waals surface area contributed by atoms with Crippen LogP contribution in [0.3, 0.4) is 0 Å². The molecule has 0 unspecified atom stereocenters. The fourth-order valence-corrected chi connectivity index (χ4v) is 1.63. The Morgan fingerprint density at radius 3 is 2.94 bits per heavy atom. The molecule has 4 heteroatoms. The van der Waals surface area contributed by atoms with E-state index in [0.29, 0.717) is 0 Å². The molecule has 3 N–H and O–H groups in total. The molecule has 16 heavy (non-hydrogen) atoms. The highest BCUT2D eigenvalue weighted by atomic mass is 16.3. The Kier molecular flexibility index (Phi) is 3.41. The van der Waals surface area contributed by atoms with Crippen molar-refractivity contribution in [2.75, 3.05) is 6.54 Å². The van der Waals surface area contributed by atoms with Gasteiger partial charge in [-0.05, 0) is 38.4 Å². The Morgan fingerprint density at radius 2 is 2.25 bits per heavy atom. The number of aryl methyl sites for hydroxylation is 2. The zero-order chi connectivity index (χ0) is 11.4. The van der Waals surface area contributed by atoms with Crippen molar-refractivity contribution in [3.8, 4) is 11.5 Å². The summed E-state index contributed by atoms with van der Waals surface area (Å²) in [7, 11) is 0. The first-order valence-electron chi connectivity index (χ1n) is 5.60. The van der Waals surface area contributed by atoms with Crippen molar-refractivity contribution in [2.24, 2.45) is 5.73 Å². The third kappa shape index (κ3) is 2.52. The van der Waals surface area contributed by atoms with Crippen LogP contribution in [0.2, 0.25) is 0 Å². The number of imidazole rings is 1. The second kappa shape index (κ2) is 4.99. The summed E-state index contributed by atoms with van der Waals surface area (Å²) in [5.74, 6) is 2.75. The third-order valence-electron chi connectivity index (χ3n) is 2.50. The summed E-state index contributed by atoms with van der Waals surface area (Å²) in [5, 5.41) is 0. The molecular weight excluding hydrogens is 202 g/mol. The lowest BCUT2D eigenvalue weighted by atomic mass is 10.2. The maximum Gasteiger partial charge on any atom is 0.152 e. The van der Waals surface area contributed by atoms with Crippen LogP contribution in [-0.4, -0.2) is 16.5 Å². The van der Waals surface area contributed by atoms with Crippen molar-refractivity contribution >= 4 is 0 Å². The van der Waals surface area contributed by atoms with Crippen molar-refractivity contribution in [2.45, 2.75) is 26.2 Å². The van der Waals surface area contributed by atoms with Gasteiger partial charge < -0.3 is 15.1 Å². The molecule has 0 fully saturated rings. The SMILES string of the molecule is Cc1ccc(-c2cnc(CCCCN)[nH]2)o1. The van der Waals surface area contributed by atoms with Gasteiger partial charge >= 0.3 is 0 Å². The van der Waals surface area contributed by atoms with Gasteiger partial charge in [0, 0.05) is 6.42 Å². The van der Waals surface area contributed by atoms with Gasteiger partial charge in [-0.2, -0.15) is 0 Å². The first kappa shape index (κ1) is 11.0. The van der Waals surface area contributed by atoms with Crippen LogP contribution in [0.1, 0.15) is 24.4 Å². The molecule has 0 bridgehead atoms. The van der Waals surface area contributed by atoms with Gasteiger partial charge in [0.25, 0.3) is 0 Å². The van der Waals surface area contributed by atoms with Gasteiger partial charge in [0.1, 0.15) is 17.3 Å². The van der Waals surface area contributed by atoms with Crippen LogP contribution in [0.4, 0.5) is 0 Å². The van der Waals surface area contributed by atoms with E-state index in [1.54, 1.807) is 0 Å². The lowest BCUT2D eigenvalue weighted by Crippen LogP contribution is -1.99. The van der Waals surface area contributed by atoms with E-state index in [2.05, 4.69) is 9.97 Å². The highest BCUT2D eigenvalue weighted by molar-refractivity contribution is 5.51. The normalized spacial score (nSPS) is 10.9. The summed E-state index contributed by atoms with van der Waals surface area (Å²) >= 11 is 0. The van der Waals surface area contributed by atoms with Crippen molar-refractivity contribution < 1.29 is 4.42 Å². The zero-order valence-electron chi connectivity index (χ0n) is 9.49. The molecule has 0 aromatic carbocycles. The number of nitrogens with zero attached hydrogens (tertiary/aromatic N) is 1. The van der Waals surface area contributed by atoms with E-state index in [4.69, 9.17) is 10.2 Å². The topological polar surface area (TPSA) is 67.8 Å². The number of aromatic amines is 1. The lowest BCUT2D eigenvalue weighted by molar-refractivity contribution is 0.546. The minimum absolute atomic E-state index is 0.741. The molecule has 0 spiro atoms. The zero-order valence-corrected chi connectivity index (χ0v) is 9.49. The fraction of sp³-hybridized carbons (Fsp3) is 0.417. The molecule has 0 amide bonds. The number of hydrogen-bond donors (Lipinski definition) is 2. The predicted molar refractivity (Wildman–Crippen MR) is 63.0 cm³/mol. The Bertz CT molecular complexity index is 445. The van der Waals surface area contributed by atoms with Crippen LogP contribution in [0.5, 0.6) is 0 Å². The fourth-order valence-electron chi connectivity index (χ4n) is 1.63. The minimum Gasteiger partial charge on any atom is -0.460 e. The number of rotatable bonds is 5. The molecule has 0 saturated heterocycles. The molecular formula is C12H17N3O. The quantitative estimate of drug-likeness (QED) is 0.758. The third-order valence-corrected chi connectivity index (χ3v) is 2.50. The number of furan rings is 1. The average molecular weight is 219 g/mol. The van der Waals surface area contributed by atoms with Gasteiger partial charge in [-0.3, -0.25) is 0 Å². The maximum absolute atomic E-state index is 5.52. The number of H-pyrrole nitrogens is 1. The van der Waals surface area contributed by atoms with Crippen LogP contribution >= 0.6 is 0 Å². The summed E-state index contributed by atoms with van der Waals surface area (Å²) in [6.45, 7) is 2.67. The molecule has 2 aromatic heterocycles. The number of nitrogens with one attached hydrogen (secondary N) is 1. The van der Waals surface area contributed by atoms with Crippen LogP contribution < -0.4 is 5.73 Å². The first-order chi connectivity index (χ1) is 7.79. The van der Waals surface area contributed by atoms with Crippen molar-refractivity contribution in [3.05, 3.63) is 29.9 Å². The van der Waals surface area contributed by atoms with E-state index in [1.807, 2.05) is 25.3 Å². The van der Waals surface area contributed by atoms with E-state index < -0.39 is 0 Å². The van der Waals surface area contributed by atoms with Gasteiger partial charge in [-0.1, -0.05) is 0 Å². The van der Waals surface area contributed by atoms with Crippen molar-refractivity contribution in [3.63, 3.8) is 0 Å².